The minimum atomic E-state index is 0.0263. The first kappa shape index (κ1) is 11.5. The second-order valence-electron chi connectivity index (χ2n) is 5.14. The molecule has 0 radical (unpaired) electrons. The van der Waals surface area contributed by atoms with Gasteiger partial charge in [-0.3, -0.25) is 4.79 Å². The van der Waals surface area contributed by atoms with Gasteiger partial charge in [-0.25, -0.2) is 0 Å². The van der Waals surface area contributed by atoms with Gasteiger partial charge in [-0.05, 0) is 35.4 Å². The number of fused-ring (bicyclic) bond motifs is 2. The summed E-state index contributed by atoms with van der Waals surface area (Å²) in [7, 11) is 0. The number of carbonyl (C=O) groups excluding carboxylic acids is 1. The highest BCUT2D eigenvalue weighted by atomic mass is 16.5. The Morgan fingerprint density at radius 1 is 0.950 bits per heavy atom. The molecular weight excluding hydrogens is 252 g/mol. The van der Waals surface area contributed by atoms with Crippen LogP contribution in [0.25, 0.3) is 0 Å². The predicted octanol–water partition coefficient (Wildman–Crippen LogP) is 2.79. The Balaban J connectivity index is 1.76. The Hall–Kier alpha value is -2.29. The molecule has 4 rings (SSSR count). The van der Waals surface area contributed by atoms with E-state index in [1.165, 1.54) is 0 Å². The van der Waals surface area contributed by atoms with Gasteiger partial charge in [0.1, 0.15) is 11.5 Å². The molecule has 0 atom stereocenters. The zero-order chi connectivity index (χ0) is 13.5. The average Bonchev–Trinajstić information content (AvgIpc) is 3.13. The molecule has 0 saturated heterocycles. The molecule has 2 heterocycles. The first-order chi connectivity index (χ1) is 9.83. The van der Waals surface area contributed by atoms with E-state index in [2.05, 4.69) is 0 Å². The Morgan fingerprint density at radius 3 is 2.75 bits per heavy atom. The van der Waals surface area contributed by atoms with Gasteiger partial charge in [0.2, 0.25) is 0 Å². The van der Waals surface area contributed by atoms with Crippen molar-refractivity contribution in [1.82, 2.24) is 0 Å². The maximum Gasteiger partial charge on any atom is 0.196 e. The molecule has 0 amide bonds. The lowest BCUT2D eigenvalue weighted by molar-refractivity contribution is 0.103. The summed E-state index contributed by atoms with van der Waals surface area (Å²) >= 11 is 0. The van der Waals surface area contributed by atoms with E-state index in [0.717, 1.165) is 35.5 Å². The summed E-state index contributed by atoms with van der Waals surface area (Å²) in [5, 5.41) is 0. The lowest BCUT2D eigenvalue weighted by Gasteiger charge is -2.08. The van der Waals surface area contributed by atoms with Gasteiger partial charge in [0, 0.05) is 18.4 Å². The SMILES string of the molecule is O=C(c1ccc2c(c1)CCO2)c1cccc2c1OCC2. The summed E-state index contributed by atoms with van der Waals surface area (Å²) < 4.78 is 11.1. The van der Waals surface area contributed by atoms with E-state index in [0.29, 0.717) is 24.3 Å². The van der Waals surface area contributed by atoms with E-state index in [1.54, 1.807) is 0 Å². The fourth-order valence-corrected chi connectivity index (χ4v) is 2.88. The Labute approximate surface area is 117 Å². The number of carbonyl (C=O) groups is 1. The first-order valence-electron chi connectivity index (χ1n) is 6.88. The van der Waals surface area contributed by atoms with Crippen molar-refractivity contribution < 1.29 is 14.3 Å². The van der Waals surface area contributed by atoms with E-state index >= 15 is 0 Å². The summed E-state index contributed by atoms with van der Waals surface area (Å²) in [5.74, 6) is 1.68. The maximum atomic E-state index is 12.7. The minimum Gasteiger partial charge on any atom is -0.493 e. The van der Waals surface area contributed by atoms with Gasteiger partial charge < -0.3 is 9.47 Å². The number of hydrogen-bond donors (Lipinski definition) is 0. The fourth-order valence-electron chi connectivity index (χ4n) is 2.88. The summed E-state index contributed by atoms with van der Waals surface area (Å²) in [4.78, 5) is 12.7. The molecule has 0 unspecified atom stereocenters. The Bertz CT molecular complexity index is 703. The summed E-state index contributed by atoms with van der Waals surface area (Å²) in [6.45, 7) is 1.37. The fraction of sp³-hybridized carbons (Fsp3) is 0.235. The second kappa shape index (κ2) is 4.37. The van der Waals surface area contributed by atoms with Crippen molar-refractivity contribution in [3.8, 4) is 11.5 Å². The van der Waals surface area contributed by atoms with Crippen LogP contribution in [0.2, 0.25) is 0 Å². The van der Waals surface area contributed by atoms with E-state index in [4.69, 9.17) is 9.47 Å². The maximum absolute atomic E-state index is 12.7. The molecule has 20 heavy (non-hydrogen) atoms. The predicted molar refractivity (Wildman–Crippen MR) is 74.7 cm³/mol. The minimum absolute atomic E-state index is 0.0263. The monoisotopic (exact) mass is 266 g/mol. The summed E-state index contributed by atoms with van der Waals surface area (Å²) in [5.41, 5.74) is 3.61. The molecule has 2 aliphatic heterocycles. The number of hydrogen-bond acceptors (Lipinski definition) is 3. The van der Waals surface area contributed by atoms with Crippen LogP contribution in [-0.4, -0.2) is 19.0 Å². The van der Waals surface area contributed by atoms with Crippen LogP contribution >= 0.6 is 0 Å². The van der Waals surface area contributed by atoms with Crippen LogP contribution in [0.15, 0.2) is 36.4 Å². The Morgan fingerprint density at radius 2 is 1.80 bits per heavy atom. The topological polar surface area (TPSA) is 35.5 Å². The molecule has 3 heteroatoms. The van der Waals surface area contributed by atoms with Crippen molar-refractivity contribution >= 4 is 5.78 Å². The number of rotatable bonds is 2. The lowest BCUT2D eigenvalue weighted by atomic mass is 9.98. The number of para-hydroxylation sites is 1. The second-order valence-corrected chi connectivity index (χ2v) is 5.14. The molecule has 0 aromatic heterocycles. The molecule has 0 bridgehead atoms. The molecule has 3 nitrogen and oxygen atoms in total. The quantitative estimate of drug-likeness (QED) is 0.784. The molecule has 100 valence electrons. The van der Waals surface area contributed by atoms with E-state index in [9.17, 15) is 4.79 Å². The van der Waals surface area contributed by atoms with E-state index in [1.807, 2.05) is 36.4 Å². The van der Waals surface area contributed by atoms with Crippen LogP contribution in [0.5, 0.6) is 11.5 Å². The van der Waals surface area contributed by atoms with Crippen molar-refractivity contribution in [3.63, 3.8) is 0 Å². The third kappa shape index (κ3) is 1.70. The van der Waals surface area contributed by atoms with Gasteiger partial charge in [-0.1, -0.05) is 12.1 Å². The normalized spacial score (nSPS) is 15.2. The van der Waals surface area contributed by atoms with Crippen LogP contribution in [0.1, 0.15) is 27.0 Å². The van der Waals surface area contributed by atoms with Crippen LogP contribution < -0.4 is 9.47 Å². The van der Waals surface area contributed by atoms with Crippen LogP contribution in [0, 0.1) is 0 Å². The van der Waals surface area contributed by atoms with Gasteiger partial charge in [0.25, 0.3) is 0 Å². The molecule has 2 aromatic carbocycles. The van der Waals surface area contributed by atoms with Crippen LogP contribution in [-0.2, 0) is 12.8 Å². The zero-order valence-electron chi connectivity index (χ0n) is 11.0. The standard InChI is InChI=1S/C17H14O3/c18-16(13-4-5-15-12(10-13)7-8-19-15)14-3-1-2-11-6-9-20-17(11)14/h1-5,10H,6-9H2. The van der Waals surface area contributed by atoms with Crippen molar-refractivity contribution in [2.24, 2.45) is 0 Å². The molecule has 0 aliphatic carbocycles. The molecule has 0 saturated carbocycles. The third-order valence-corrected chi connectivity index (χ3v) is 3.91. The smallest absolute Gasteiger partial charge is 0.196 e. The molecule has 0 N–H and O–H groups in total. The van der Waals surface area contributed by atoms with Gasteiger partial charge in [0.15, 0.2) is 5.78 Å². The molecule has 2 aromatic rings. The van der Waals surface area contributed by atoms with Gasteiger partial charge in [0.05, 0.1) is 18.8 Å². The number of ether oxygens (including phenoxy) is 2. The van der Waals surface area contributed by atoms with Crippen molar-refractivity contribution in [2.45, 2.75) is 12.8 Å². The number of ketones is 1. The molecule has 0 fully saturated rings. The highest BCUT2D eigenvalue weighted by Crippen LogP contribution is 2.32. The Kier molecular flexibility index (Phi) is 2.52. The van der Waals surface area contributed by atoms with Crippen molar-refractivity contribution in [1.29, 1.82) is 0 Å². The largest absolute Gasteiger partial charge is 0.493 e. The molecule has 0 spiro atoms. The van der Waals surface area contributed by atoms with Crippen molar-refractivity contribution in [3.05, 3.63) is 58.7 Å². The van der Waals surface area contributed by atoms with Crippen LogP contribution in [0.4, 0.5) is 0 Å². The van der Waals surface area contributed by atoms with E-state index < -0.39 is 0 Å². The summed E-state index contributed by atoms with van der Waals surface area (Å²) in [6, 6.07) is 11.5. The molecule has 2 aliphatic rings. The molecular formula is C17H14O3. The van der Waals surface area contributed by atoms with Gasteiger partial charge in [-0.2, -0.15) is 0 Å². The highest BCUT2D eigenvalue weighted by Gasteiger charge is 2.22. The van der Waals surface area contributed by atoms with Gasteiger partial charge in [-0.15, -0.1) is 0 Å². The third-order valence-electron chi connectivity index (χ3n) is 3.91. The zero-order valence-corrected chi connectivity index (χ0v) is 11.0. The summed E-state index contributed by atoms with van der Waals surface area (Å²) in [6.07, 6.45) is 1.76. The van der Waals surface area contributed by atoms with E-state index in [-0.39, 0.29) is 5.78 Å². The van der Waals surface area contributed by atoms with Crippen LogP contribution in [0.3, 0.4) is 0 Å². The highest BCUT2D eigenvalue weighted by molar-refractivity contribution is 6.11. The number of benzene rings is 2. The first-order valence-corrected chi connectivity index (χ1v) is 6.88. The lowest BCUT2D eigenvalue weighted by Crippen LogP contribution is -2.04. The van der Waals surface area contributed by atoms with Gasteiger partial charge >= 0.3 is 0 Å². The average molecular weight is 266 g/mol. The van der Waals surface area contributed by atoms with Crippen molar-refractivity contribution in [2.75, 3.05) is 13.2 Å².